The molecule has 0 atom stereocenters. The first-order valence-electron chi connectivity index (χ1n) is 7.02. The molecule has 0 unspecified atom stereocenters. The Morgan fingerprint density at radius 1 is 0.926 bits per heavy atom. The minimum Gasteiger partial charge on any atom is -0.450 e. The summed E-state index contributed by atoms with van der Waals surface area (Å²) in [5.74, 6) is -0.940. The molecule has 2 aromatic rings. The van der Waals surface area contributed by atoms with E-state index in [0.29, 0.717) is 6.54 Å². The van der Waals surface area contributed by atoms with E-state index in [1.165, 1.54) is 7.05 Å². The van der Waals surface area contributed by atoms with Crippen LogP contribution >= 0.6 is 0 Å². The number of hydrogen-bond acceptors (Lipinski definition) is 8. The fourth-order valence-electron chi connectivity index (χ4n) is 1.55. The number of hydrogen-bond donors (Lipinski definition) is 4. The van der Waals surface area contributed by atoms with Crippen molar-refractivity contribution in [3.8, 4) is 0 Å². The van der Waals surface area contributed by atoms with Crippen molar-refractivity contribution in [1.82, 2.24) is 10.6 Å². The van der Waals surface area contributed by atoms with Crippen molar-refractivity contribution in [2.45, 2.75) is 17.1 Å². The van der Waals surface area contributed by atoms with Gasteiger partial charge in [-0.2, -0.15) is 16.8 Å². The molecule has 2 aromatic heterocycles. The monoisotopic (exact) mass is 424 g/mol. The predicted octanol–water partition coefficient (Wildman–Crippen LogP) is 0.162. The highest BCUT2D eigenvalue weighted by atomic mass is 32.2. The predicted molar refractivity (Wildman–Crippen MR) is 88.4 cm³/mol. The van der Waals surface area contributed by atoms with Crippen molar-refractivity contribution in [2.24, 2.45) is 0 Å². The lowest BCUT2D eigenvalue weighted by molar-refractivity contribution is 0.0949. The third-order valence-electron chi connectivity index (χ3n) is 2.75. The fourth-order valence-corrected chi connectivity index (χ4v) is 2.44. The quantitative estimate of drug-likeness (QED) is 0.480. The molecule has 0 saturated heterocycles. The lowest BCUT2D eigenvalue weighted by Gasteiger charge is -1.95. The summed E-state index contributed by atoms with van der Waals surface area (Å²) in [6.07, 6.45) is 1.91. The maximum absolute atomic E-state index is 11.1. The van der Waals surface area contributed by atoms with Gasteiger partial charge in [0.25, 0.3) is 11.8 Å². The van der Waals surface area contributed by atoms with Crippen molar-refractivity contribution in [1.29, 1.82) is 0 Å². The third kappa shape index (κ3) is 6.52. The first-order chi connectivity index (χ1) is 12.4. The first-order valence-corrected chi connectivity index (χ1v) is 9.90. The molecule has 150 valence electrons. The second-order valence-electron chi connectivity index (χ2n) is 4.70. The second kappa shape index (κ2) is 8.81. The average Bonchev–Trinajstić information content (AvgIpc) is 3.23. The average molecular weight is 424 g/mol. The zero-order chi connectivity index (χ0) is 20.8. The minimum absolute atomic E-state index is 0.0372. The summed E-state index contributed by atoms with van der Waals surface area (Å²) in [6.45, 7) is 2.15. The largest absolute Gasteiger partial charge is 0.450 e. The van der Waals surface area contributed by atoms with Gasteiger partial charge < -0.3 is 19.5 Å². The number of carbonyl (C=O) groups is 2. The van der Waals surface area contributed by atoms with E-state index < -0.39 is 42.2 Å². The van der Waals surface area contributed by atoms with Gasteiger partial charge in [0.1, 0.15) is 12.5 Å². The molecule has 0 radical (unpaired) electrons. The summed E-state index contributed by atoms with van der Waals surface area (Å²) in [6, 6.07) is 1.90. The summed E-state index contributed by atoms with van der Waals surface area (Å²) < 4.78 is 68.1. The zero-order valence-electron chi connectivity index (χ0n) is 14.0. The lowest BCUT2D eigenvalue weighted by Crippen LogP contribution is -2.21. The van der Waals surface area contributed by atoms with E-state index in [1.54, 1.807) is 6.92 Å². The van der Waals surface area contributed by atoms with Crippen LogP contribution in [0.15, 0.2) is 43.7 Å². The van der Waals surface area contributed by atoms with Crippen LogP contribution in [0.25, 0.3) is 0 Å². The Kier molecular flexibility index (Phi) is 7.29. The number of amides is 2. The first kappa shape index (κ1) is 22.4. The van der Waals surface area contributed by atoms with Gasteiger partial charge in [-0.1, -0.05) is 0 Å². The van der Waals surface area contributed by atoms with E-state index >= 15 is 0 Å². The van der Waals surface area contributed by atoms with Gasteiger partial charge in [0.05, 0.1) is 11.1 Å². The van der Waals surface area contributed by atoms with Crippen LogP contribution in [0.5, 0.6) is 0 Å². The smallest absolute Gasteiger partial charge is 0.328 e. The summed E-state index contributed by atoms with van der Waals surface area (Å²) in [5.41, 5.74) is 0.0922. The molecule has 0 saturated carbocycles. The van der Waals surface area contributed by atoms with E-state index in [9.17, 15) is 26.4 Å². The van der Waals surface area contributed by atoms with Gasteiger partial charge in [-0.25, -0.2) is 0 Å². The standard InChI is InChI=1S/C7H9NO5S.C6H7NO5S/c1-2-8-7(9)5-3-6(13-4-5)14(10,11)12;1-7-6(8)4-2-5(12-3-4)13(9,10)11/h3-4H,2H2,1H3,(H,8,9)(H,10,11,12);2-3H,1H3,(H,7,8)(H,9,10,11). The van der Waals surface area contributed by atoms with Gasteiger partial charge in [0, 0.05) is 25.7 Å². The van der Waals surface area contributed by atoms with Crippen LogP contribution in [0, 0.1) is 0 Å². The maximum Gasteiger partial charge on any atom is 0.328 e. The molecule has 0 fully saturated rings. The molecular weight excluding hydrogens is 408 g/mol. The molecule has 0 aliphatic carbocycles. The summed E-state index contributed by atoms with van der Waals surface area (Å²) in [5, 5.41) is 3.43. The van der Waals surface area contributed by atoms with Crippen LogP contribution < -0.4 is 10.6 Å². The normalized spacial score (nSPS) is 11.3. The molecule has 4 N–H and O–H groups in total. The molecular formula is C13H16N2O10S2. The van der Waals surface area contributed by atoms with E-state index in [1.807, 2.05) is 0 Å². The second-order valence-corrected chi connectivity index (χ2v) is 7.40. The van der Waals surface area contributed by atoms with Gasteiger partial charge in [-0.3, -0.25) is 18.7 Å². The van der Waals surface area contributed by atoms with E-state index in [4.69, 9.17) is 9.11 Å². The topological polar surface area (TPSA) is 193 Å². The Morgan fingerprint density at radius 3 is 1.63 bits per heavy atom. The zero-order valence-corrected chi connectivity index (χ0v) is 15.6. The lowest BCUT2D eigenvalue weighted by atomic mass is 10.3. The van der Waals surface area contributed by atoms with Gasteiger partial charge in [-0.15, -0.1) is 0 Å². The third-order valence-corrected chi connectivity index (χ3v) is 4.19. The van der Waals surface area contributed by atoms with E-state index in [2.05, 4.69) is 19.5 Å². The molecule has 2 rings (SSSR count). The molecule has 14 heteroatoms. The Morgan fingerprint density at radius 2 is 1.33 bits per heavy atom. The number of carbonyl (C=O) groups excluding carboxylic acids is 2. The Balaban J connectivity index is 0.000000271. The van der Waals surface area contributed by atoms with Crippen molar-refractivity contribution >= 4 is 32.1 Å². The molecule has 0 aromatic carbocycles. The van der Waals surface area contributed by atoms with Crippen LogP contribution in [-0.4, -0.2) is 51.3 Å². The summed E-state index contributed by atoms with van der Waals surface area (Å²) >= 11 is 0. The van der Waals surface area contributed by atoms with Gasteiger partial charge >= 0.3 is 20.2 Å². The van der Waals surface area contributed by atoms with Crippen molar-refractivity contribution < 1.29 is 44.4 Å². The van der Waals surface area contributed by atoms with Crippen LogP contribution in [0.4, 0.5) is 0 Å². The molecule has 12 nitrogen and oxygen atoms in total. The number of rotatable bonds is 5. The fraction of sp³-hybridized carbons (Fsp3) is 0.231. The van der Waals surface area contributed by atoms with Crippen molar-refractivity contribution in [2.75, 3.05) is 13.6 Å². The van der Waals surface area contributed by atoms with Gasteiger partial charge in [0.15, 0.2) is 0 Å². The molecule has 0 aliphatic rings. The highest BCUT2D eigenvalue weighted by molar-refractivity contribution is 7.85. The summed E-state index contributed by atoms with van der Waals surface area (Å²) in [4.78, 5) is 22.0. The highest BCUT2D eigenvalue weighted by Crippen LogP contribution is 2.13. The van der Waals surface area contributed by atoms with Gasteiger partial charge in [0.2, 0.25) is 10.2 Å². The van der Waals surface area contributed by atoms with Crippen LogP contribution in [0.1, 0.15) is 27.6 Å². The van der Waals surface area contributed by atoms with Crippen LogP contribution in [0.3, 0.4) is 0 Å². The van der Waals surface area contributed by atoms with Gasteiger partial charge in [-0.05, 0) is 6.92 Å². The molecule has 0 aliphatic heterocycles. The Bertz CT molecular complexity index is 1020. The molecule has 2 heterocycles. The van der Waals surface area contributed by atoms with E-state index in [0.717, 1.165) is 24.7 Å². The molecule has 0 spiro atoms. The molecule has 27 heavy (non-hydrogen) atoms. The molecule has 2 amide bonds. The number of furan rings is 2. The minimum atomic E-state index is -4.38. The molecule has 0 bridgehead atoms. The highest BCUT2D eigenvalue weighted by Gasteiger charge is 2.18. The SMILES string of the molecule is CCNC(=O)c1coc(S(=O)(=O)O)c1.CNC(=O)c1coc(S(=O)(=O)O)c1. The van der Waals surface area contributed by atoms with Crippen molar-refractivity contribution in [3.63, 3.8) is 0 Å². The van der Waals surface area contributed by atoms with Crippen molar-refractivity contribution in [3.05, 3.63) is 35.8 Å². The summed E-state index contributed by atoms with van der Waals surface area (Å²) in [7, 11) is -7.36. The van der Waals surface area contributed by atoms with E-state index in [-0.39, 0.29) is 11.1 Å². The maximum atomic E-state index is 11.1. The Hall–Kier alpha value is -2.68. The van der Waals surface area contributed by atoms with Crippen LogP contribution in [-0.2, 0) is 20.2 Å². The van der Waals surface area contributed by atoms with Crippen LogP contribution in [0.2, 0.25) is 0 Å². The number of nitrogens with one attached hydrogen (secondary N) is 2. The Labute approximate surface area is 154 Å².